The molecule has 0 fully saturated rings. The molecule has 0 aliphatic carbocycles. The zero-order valence-corrected chi connectivity index (χ0v) is 7.85. The quantitative estimate of drug-likeness (QED) is 0.624. The Morgan fingerprint density at radius 3 is 2.77 bits per heavy atom. The largest absolute Gasteiger partial charge is 0.359 e. The molecule has 66 valence electrons. The van der Waals surface area contributed by atoms with Crippen LogP contribution in [0, 0.1) is 18.8 Å². The van der Waals surface area contributed by atoms with Gasteiger partial charge in [0.15, 0.2) is 0 Å². The van der Waals surface area contributed by atoms with Gasteiger partial charge in [0.2, 0.25) is 0 Å². The zero-order chi connectivity index (χ0) is 9.84. The van der Waals surface area contributed by atoms with Crippen LogP contribution in [0.3, 0.4) is 0 Å². The normalized spacial score (nSPS) is 8.77. The summed E-state index contributed by atoms with van der Waals surface area (Å²) in [5.74, 6) is 4.15. The topological polar surface area (TPSA) is 43.1 Å². The summed E-state index contributed by atoms with van der Waals surface area (Å²) >= 11 is 5.86. The summed E-state index contributed by atoms with van der Waals surface area (Å²) in [4.78, 5) is 10.4. The lowest BCUT2D eigenvalue weighted by Crippen LogP contribution is -2.06. The number of hydrogen-bond donors (Lipinski definition) is 1. The molecule has 0 atom stereocenters. The van der Waals surface area contributed by atoms with Gasteiger partial charge in [-0.2, -0.15) is 0 Å². The van der Waals surface area contributed by atoms with Gasteiger partial charge in [0.1, 0.15) is 0 Å². The molecule has 0 aliphatic rings. The molecule has 1 amide bonds. The molecule has 13 heavy (non-hydrogen) atoms. The molecule has 0 bridgehead atoms. The van der Waals surface area contributed by atoms with Gasteiger partial charge < -0.3 is 5.73 Å². The van der Waals surface area contributed by atoms with Gasteiger partial charge in [0, 0.05) is 11.5 Å². The number of halogens is 1. The number of aryl methyl sites for hydroxylation is 1. The highest BCUT2D eigenvalue weighted by Crippen LogP contribution is 2.15. The van der Waals surface area contributed by atoms with Crippen molar-refractivity contribution in [3.05, 3.63) is 34.3 Å². The Balaban J connectivity index is 3.05. The molecule has 1 aromatic carbocycles. The van der Waals surface area contributed by atoms with Crippen molar-refractivity contribution in [2.24, 2.45) is 5.73 Å². The van der Waals surface area contributed by atoms with E-state index in [1.165, 1.54) is 0 Å². The Labute approximate surface area is 81.7 Å². The summed E-state index contributed by atoms with van der Waals surface area (Å²) in [7, 11) is 0. The van der Waals surface area contributed by atoms with Crippen LogP contribution in [0.1, 0.15) is 11.1 Å². The highest BCUT2D eigenvalue weighted by atomic mass is 35.5. The molecular formula is C10H8ClNO. The van der Waals surface area contributed by atoms with Gasteiger partial charge in [-0.1, -0.05) is 23.6 Å². The minimum absolute atomic E-state index is 0.536. The first-order valence-corrected chi connectivity index (χ1v) is 4.05. The second kappa shape index (κ2) is 3.97. The maximum atomic E-state index is 10.4. The Hall–Kier alpha value is -1.46. The Morgan fingerprint density at radius 2 is 2.23 bits per heavy atom. The second-order valence-electron chi connectivity index (χ2n) is 2.60. The first-order valence-electron chi connectivity index (χ1n) is 3.67. The first-order chi connectivity index (χ1) is 6.09. The third-order valence-corrected chi connectivity index (χ3v) is 1.76. The molecular weight excluding hydrogens is 186 g/mol. The van der Waals surface area contributed by atoms with Crippen molar-refractivity contribution in [3.63, 3.8) is 0 Å². The van der Waals surface area contributed by atoms with E-state index in [1.807, 2.05) is 13.0 Å². The minimum Gasteiger partial charge on any atom is -0.359 e. The molecule has 0 unspecified atom stereocenters. The molecule has 1 rings (SSSR count). The summed E-state index contributed by atoms with van der Waals surface area (Å²) in [5.41, 5.74) is 6.53. The predicted octanol–water partition coefficient (Wildman–Crippen LogP) is 1.49. The summed E-state index contributed by atoms with van der Waals surface area (Å²) in [5, 5.41) is 0.536. The van der Waals surface area contributed by atoms with Gasteiger partial charge in [0.25, 0.3) is 5.91 Å². The average molecular weight is 194 g/mol. The number of carbonyl (C=O) groups is 1. The van der Waals surface area contributed by atoms with Gasteiger partial charge in [-0.3, -0.25) is 4.79 Å². The van der Waals surface area contributed by atoms with Crippen LogP contribution in [0.15, 0.2) is 18.2 Å². The summed E-state index contributed by atoms with van der Waals surface area (Å²) < 4.78 is 0. The highest BCUT2D eigenvalue weighted by Gasteiger charge is 1.96. The number of hydrogen-bond acceptors (Lipinski definition) is 1. The number of carbonyl (C=O) groups excluding carboxylic acids is 1. The molecule has 0 spiro atoms. The van der Waals surface area contributed by atoms with Crippen LogP contribution < -0.4 is 5.73 Å². The van der Waals surface area contributed by atoms with Crippen molar-refractivity contribution in [1.82, 2.24) is 0 Å². The minimum atomic E-state index is -0.656. The number of primary amides is 1. The van der Waals surface area contributed by atoms with Crippen molar-refractivity contribution in [1.29, 1.82) is 0 Å². The van der Waals surface area contributed by atoms with Crippen LogP contribution in [-0.2, 0) is 4.79 Å². The molecule has 0 radical (unpaired) electrons. The van der Waals surface area contributed by atoms with Crippen LogP contribution in [0.2, 0.25) is 5.02 Å². The number of nitrogens with two attached hydrogens (primary N) is 1. The highest BCUT2D eigenvalue weighted by molar-refractivity contribution is 6.31. The van der Waals surface area contributed by atoms with Gasteiger partial charge in [-0.15, -0.1) is 0 Å². The van der Waals surface area contributed by atoms with Gasteiger partial charge in [-0.25, -0.2) is 0 Å². The molecule has 0 heterocycles. The first kappa shape index (κ1) is 9.63. The van der Waals surface area contributed by atoms with E-state index < -0.39 is 5.91 Å². The van der Waals surface area contributed by atoms with Crippen molar-refractivity contribution in [2.75, 3.05) is 0 Å². The summed E-state index contributed by atoms with van der Waals surface area (Å²) in [6, 6.07) is 5.41. The van der Waals surface area contributed by atoms with Gasteiger partial charge in [-0.05, 0) is 24.6 Å². The van der Waals surface area contributed by atoms with E-state index in [9.17, 15) is 4.79 Å². The molecule has 0 aromatic heterocycles. The average Bonchev–Trinajstić information content (AvgIpc) is 2.02. The van der Waals surface area contributed by atoms with Crippen LogP contribution in [-0.4, -0.2) is 5.91 Å². The fraction of sp³-hybridized carbons (Fsp3) is 0.100. The van der Waals surface area contributed by atoms with Crippen LogP contribution in [0.25, 0.3) is 0 Å². The SMILES string of the molecule is Cc1ccc(C#CC(N)=O)c(Cl)c1. The Kier molecular flexibility index (Phi) is 2.94. The van der Waals surface area contributed by atoms with Gasteiger partial charge >= 0.3 is 0 Å². The number of amides is 1. The standard InChI is InChI=1S/C10H8ClNO/c1-7-2-3-8(9(11)6-7)4-5-10(12)13/h2-3,6H,1H3,(H2,12,13). The molecule has 0 saturated carbocycles. The fourth-order valence-corrected chi connectivity index (χ4v) is 1.13. The summed E-state index contributed by atoms with van der Waals surface area (Å²) in [6.07, 6.45) is 0. The third kappa shape index (κ3) is 2.81. The predicted molar refractivity (Wildman–Crippen MR) is 52.3 cm³/mol. The van der Waals surface area contributed by atoms with Gasteiger partial charge in [0.05, 0.1) is 5.02 Å². The third-order valence-electron chi connectivity index (χ3n) is 1.44. The molecule has 0 aliphatic heterocycles. The van der Waals surface area contributed by atoms with Crippen LogP contribution in [0.5, 0.6) is 0 Å². The van der Waals surface area contributed by atoms with Crippen molar-refractivity contribution in [3.8, 4) is 11.8 Å². The van der Waals surface area contributed by atoms with Crippen LogP contribution in [0.4, 0.5) is 0 Å². The molecule has 3 heteroatoms. The maximum absolute atomic E-state index is 10.4. The molecule has 2 nitrogen and oxygen atoms in total. The zero-order valence-electron chi connectivity index (χ0n) is 7.10. The van der Waals surface area contributed by atoms with E-state index in [-0.39, 0.29) is 0 Å². The molecule has 0 saturated heterocycles. The van der Waals surface area contributed by atoms with E-state index in [4.69, 9.17) is 17.3 Å². The fourth-order valence-electron chi connectivity index (χ4n) is 0.850. The maximum Gasteiger partial charge on any atom is 0.293 e. The summed E-state index contributed by atoms with van der Waals surface area (Å²) in [6.45, 7) is 1.93. The Morgan fingerprint density at radius 1 is 1.54 bits per heavy atom. The number of benzene rings is 1. The smallest absolute Gasteiger partial charge is 0.293 e. The lowest BCUT2D eigenvalue weighted by atomic mass is 10.1. The lowest BCUT2D eigenvalue weighted by molar-refractivity contribution is -0.112. The second-order valence-corrected chi connectivity index (χ2v) is 3.00. The lowest BCUT2D eigenvalue weighted by Gasteiger charge is -1.96. The van der Waals surface area contributed by atoms with E-state index >= 15 is 0 Å². The molecule has 1 aromatic rings. The van der Waals surface area contributed by atoms with E-state index in [0.29, 0.717) is 10.6 Å². The van der Waals surface area contributed by atoms with Crippen molar-refractivity contribution >= 4 is 17.5 Å². The monoisotopic (exact) mass is 193 g/mol. The van der Waals surface area contributed by atoms with E-state index in [1.54, 1.807) is 12.1 Å². The van der Waals surface area contributed by atoms with Crippen LogP contribution >= 0.6 is 11.6 Å². The van der Waals surface area contributed by atoms with E-state index in [0.717, 1.165) is 5.56 Å². The Bertz CT molecular complexity index is 401. The van der Waals surface area contributed by atoms with Crippen molar-refractivity contribution in [2.45, 2.75) is 6.92 Å². The van der Waals surface area contributed by atoms with E-state index in [2.05, 4.69) is 11.8 Å². The van der Waals surface area contributed by atoms with Crippen molar-refractivity contribution < 1.29 is 4.79 Å². The molecule has 2 N–H and O–H groups in total. The number of rotatable bonds is 0.